The molecule has 0 radical (unpaired) electrons. The Morgan fingerprint density at radius 1 is 1.43 bits per heavy atom. The number of aliphatic carboxylic acids is 1. The summed E-state index contributed by atoms with van der Waals surface area (Å²) in [6.07, 6.45) is -0.430. The Labute approximate surface area is 128 Å². The second-order valence-corrected chi connectivity index (χ2v) is 7.12. The minimum atomic E-state index is -0.971. The van der Waals surface area contributed by atoms with E-state index in [1.165, 1.54) is 4.90 Å². The number of hydrogen-bond donors (Lipinski definition) is 2. The maximum absolute atomic E-state index is 12.7. The summed E-state index contributed by atoms with van der Waals surface area (Å²) in [6, 6.07) is -1.06. The number of hydrogen-bond acceptors (Lipinski definition) is 5. The lowest BCUT2D eigenvalue weighted by molar-refractivity contribution is -0.145. The molecule has 8 heteroatoms. The van der Waals surface area contributed by atoms with E-state index < -0.39 is 23.7 Å². The van der Waals surface area contributed by atoms with Gasteiger partial charge in [-0.05, 0) is 13.8 Å². The molecule has 2 amide bonds. The van der Waals surface area contributed by atoms with Crippen molar-refractivity contribution in [2.75, 3.05) is 37.7 Å². The molecule has 2 rings (SSSR count). The van der Waals surface area contributed by atoms with E-state index >= 15 is 0 Å². The number of carboxylic acids is 1. The number of rotatable bonds is 2. The highest BCUT2D eigenvalue weighted by Gasteiger charge is 2.40. The summed E-state index contributed by atoms with van der Waals surface area (Å²) < 4.78 is 5.68. The van der Waals surface area contributed by atoms with E-state index in [4.69, 9.17) is 4.74 Å². The molecule has 2 aliphatic rings. The van der Waals surface area contributed by atoms with Crippen molar-refractivity contribution < 1.29 is 24.5 Å². The fourth-order valence-electron chi connectivity index (χ4n) is 2.76. The molecule has 7 nitrogen and oxygen atoms in total. The third-order valence-electron chi connectivity index (χ3n) is 3.61. The van der Waals surface area contributed by atoms with Gasteiger partial charge in [0.1, 0.15) is 6.04 Å². The summed E-state index contributed by atoms with van der Waals surface area (Å²) in [5.41, 5.74) is -0.551. The van der Waals surface area contributed by atoms with E-state index in [0.717, 1.165) is 5.75 Å². The second kappa shape index (κ2) is 6.41. The number of carboxylic acid groups (broad SMARTS) is 1. The summed E-state index contributed by atoms with van der Waals surface area (Å²) in [4.78, 5) is 27.0. The van der Waals surface area contributed by atoms with E-state index in [1.807, 2.05) is 13.8 Å². The Kier molecular flexibility index (Phi) is 5.00. The van der Waals surface area contributed by atoms with Crippen LogP contribution in [0.25, 0.3) is 0 Å². The highest BCUT2D eigenvalue weighted by Crippen LogP contribution is 2.24. The van der Waals surface area contributed by atoms with Crippen LogP contribution < -0.4 is 0 Å². The van der Waals surface area contributed by atoms with Gasteiger partial charge in [0, 0.05) is 18.1 Å². The van der Waals surface area contributed by atoms with Crippen molar-refractivity contribution >= 4 is 23.8 Å². The lowest BCUT2D eigenvalue weighted by Gasteiger charge is -2.45. The molecule has 0 bridgehead atoms. The molecule has 2 unspecified atom stereocenters. The number of nitrogens with zero attached hydrogens (tertiary/aromatic N) is 2. The molecule has 0 aliphatic carbocycles. The van der Waals surface area contributed by atoms with Crippen LogP contribution in [-0.2, 0) is 9.53 Å². The first kappa shape index (κ1) is 16.4. The minimum Gasteiger partial charge on any atom is -0.480 e. The monoisotopic (exact) mass is 318 g/mol. The molecule has 2 atom stereocenters. The highest BCUT2D eigenvalue weighted by molar-refractivity contribution is 7.99. The molecule has 0 aromatic rings. The number of aliphatic hydroxyl groups excluding tert-OH is 1. The van der Waals surface area contributed by atoms with E-state index in [2.05, 4.69) is 0 Å². The molecule has 2 fully saturated rings. The average Bonchev–Trinajstić information content (AvgIpc) is 2.44. The zero-order chi connectivity index (χ0) is 15.6. The van der Waals surface area contributed by atoms with Crippen LogP contribution in [0.4, 0.5) is 4.79 Å². The standard InChI is InChI=1S/C13H22N2O5S/c1-13(2)8-14(5-9(6-16)20-13)12(19)15-3-4-21-7-10(15)11(17)18/h9-10,16H,3-8H2,1-2H3,(H,17,18). The van der Waals surface area contributed by atoms with Crippen molar-refractivity contribution in [3.05, 3.63) is 0 Å². The third kappa shape index (κ3) is 3.81. The first-order chi connectivity index (χ1) is 9.84. The number of carbonyl (C=O) groups excluding carboxylic acids is 1. The number of thioether (sulfide) groups is 1. The predicted molar refractivity (Wildman–Crippen MR) is 78.5 cm³/mol. The molecule has 120 valence electrons. The minimum absolute atomic E-state index is 0.161. The summed E-state index contributed by atoms with van der Waals surface area (Å²) in [6.45, 7) is 4.66. The fraction of sp³-hybridized carbons (Fsp3) is 0.846. The van der Waals surface area contributed by atoms with Gasteiger partial charge in [0.15, 0.2) is 0 Å². The van der Waals surface area contributed by atoms with E-state index in [-0.39, 0.29) is 19.2 Å². The lowest BCUT2D eigenvalue weighted by Crippen LogP contribution is -2.61. The van der Waals surface area contributed by atoms with Gasteiger partial charge in [-0.1, -0.05) is 0 Å². The smallest absolute Gasteiger partial charge is 0.327 e. The SMILES string of the molecule is CC1(C)CN(C(=O)N2CCSCC2C(=O)O)CC(CO)O1. The fourth-order valence-corrected chi connectivity index (χ4v) is 3.79. The maximum Gasteiger partial charge on any atom is 0.327 e. The Morgan fingerprint density at radius 3 is 2.76 bits per heavy atom. The number of urea groups is 1. The van der Waals surface area contributed by atoms with Crippen molar-refractivity contribution in [3.8, 4) is 0 Å². The number of morpholine rings is 1. The van der Waals surface area contributed by atoms with Crippen molar-refractivity contribution in [1.82, 2.24) is 9.80 Å². The van der Waals surface area contributed by atoms with Gasteiger partial charge in [0.25, 0.3) is 0 Å². The maximum atomic E-state index is 12.7. The van der Waals surface area contributed by atoms with Crippen LogP contribution in [-0.4, -0.2) is 87.5 Å². The highest BCUT2D eigenvalue weighted by atomic mass is 32.2. The molecule has 2 saturated heterocycles. The average molecular weight is 318 g/mol. The van der Waals surface area contributed by atoms with Gasteiger partial charge in [-0.3, -0.25) is 0 Å². The number of amides is 2. The number of ether oxygens (including phenoxy) is 1. The molecular formula is C13H22N2O5S. The van der Waals surface area contributed by atoms with Crippen LogP contribution in [0.3, 0.4) is 0 Å². The molecule has 21 heavy (non-hydrogen) atoms. The predicted octanol–water partition coefficient (Wildman–Crippen LogP) is 0.0801. The zero-order valence-corrected chi connectivity index (χ0v) is 13.1. The van der Waals surface area contributed by atoms with Gasteiger partial charge < -0.3 is 24.7 Å². The third-order valence-corrected chi connectivity index (χ3v) is 4.64. The van der Waals surface area contributed by atoms with Crippen molar-refractivity contribution in [2.45, 2.75) is 31.6 Å². The van der Waals surface area contributed by atoms with Gasteiger partial charge in [-0.15, -0.1) is 0 Å². The Bertz CT molecular complexity index is 417. The van der Waals surface area contributed by atoms with Crippen LogP contribution in [0.2, 0.25) is 0 Å². The summed E-state index contributed by atoms with van der Waals surface area (Å²) in [5.74, 6) is 0.187. The Morgan fingerprint density at radius 2 is 2.14 bits per heavy atom. The normalized spacial score (nSPS) is 29.3. The van der Waals surface area contributed by atoms with Crippen LogP contribution in [0.1, 0.15) is 13.8 Å². The molecular weight excluding hydrogens is 296 g/mol. The first-order valence-corrected chi connectivity index (χ1v) is 8.14. The van der Waals surface area contributed by atoms with Gasteiger partial charge >= 0.3 is 12.0 Å². The zero-order valence-electron chi connectivity index (χ0n) is 12.3. The van der Waals surface area contributed by atoms with Crippen molar-refractivity contribution in [3.63, 3.8) is 0 Å². The van der Waals surface area contributed by atoms with E-state index in [0.29, 0.717) is 18.8 Å². The Hall–Kier alpha value is -0.990. The van der Waals surface area contributed by atoms with Gasteiger partial charge in [0.2, 0.25) is 0 Å². The topological polar surface area (TPSA) is 90.3 Å². The molecule has 2 N–H and O–H groups in total. The molecule has 0 aromatic carbocycles. The van der Waals surface area contributed by atoms with Gasteiger partial charge in [-0.2, -0.15) is 11.8 Å². The molecule has 0 aromatic heterocycles. The van der Waals surface area contributed by atoms with E-state index in [1.54, 1.807) is 16.7 Å². The van der Waals surface area contributed by atoms with Gasteiger partial charge in [-0.25, -0.2) is 9.59 Å². The van der Waals surface area contributed by atoms with Crippen molar-refractivity contribution in [2.24, 2.45) is 0 Å². The number of carbonyl (C=O) groups is 2. The number of aliphatic hydroxyl groups is 1. The van der Waals surface area contributed by atoms with E-state index in [9.17, 15) is 19.8 Å². The van der Waals surface area contributed by atoms with Crippen LogP contribution >= 0.6 is 11.8 Å². The summed E-state index contributed by atoms with van der Waals surface area (Å²) >= 11 is 1.55. The first-order valence-electron chi connectivity index (χ1n) is 6.99. The van der Waals surface area contributed by atoms with Crippen LogP contribution in [0.15, 0.2) is 0 Å². The molecule has 2 heterocycles. The summed E-state index contributed by atoms with van der Waals surface area (Å²) in [7, 11) is 0. The summed E-state index contributed by atoms with van der Waals surface area (Å²) in [5, 5.41) is 18.6. The molecule has 0 saturated carbocycles. The Balaban J connectivity index is 2.11. The van der Waals surface area contributed by atoms with Crippen LogP contribution in [0.5, 0.6) is 0 Å². The van der Waals surface area contributed by atoms with Gasteiger partial charge in [0.05, 0.1) is 31.4 Å². The lowest BCUT2D eigenvalue weighted by atomic mass is 10.1. The second-order valence-electron chi connectivity index (χ2n) is 5.97. The quantitative estimate of drug-likeness (QED) is 0.749. The van der Waals surface area contributed by atoms with Crippen molar-refractivity contribution in [1.29, 1.82) is 0 Å². The van der Waals surface area contributed by atoms with Crippen LogP contribution in [0, 0.1) is 0 Å². The largest absolute Gasteiger partial charge is 0.480 e. The molecule has 0 spiro atoms. The molecule has 2 aliphatic heterocycles.